The lowest BCUT2D eigenvalue weighted by Crippen LogP contribution is -2.55. The Morgan fingerprint density at radius 3 is 2.62 bits per heavy atom. The fourth-order valence-corrected chi connectivity index (χ4v) is 6.78. The first-order valence-corrected chi connectivity index (χ1v) is 13.2. The van der Waals surface area contributed by atoms with Crippen LogP contribution in [0.3, 0.4) is 0 Å². The molecule has 0 saturated carbocycles. The number of ketones is 1. The van der Waals surface area contributed by atoms with Crippen molar-refractivity contribution in [1.82, 2.24) is 28.9 Å². The van der Waals surface area contributed by atoms with Crippen molar-refractivity contribution in [2.24, 2.45) is 18.4 Å². The zero-order valence-corrected chi connectivity index (χ0v) is 21.7. The van der Waals surface area contributed by atoms with Crippen LogP contribution in [0, 0.1) is 17.2 Å². The molecule has 0 N–H and O–H groups in total. The minimum atomic E-state index is -4.58. The van der Waals surface area contributed by atoms with E-state index in [4.69, 9.17) is 0 Å². The summed E-state index contributed by atoms with van der Waals surface area (Å²) in [6.45, 7) is 1.02. The molecule has 1 unspecified atom stereocenters. The Labute approximate surface area is 226 Å². The lowest BCUT2D eigenvalue weighted by molar-refractivity contribution is -0.137. The molecule has 39 heavy (non-hydrogen) atoms. The number of piperidine rings is 1. The molecule has 0 spiro atoms. The number of hydrogen-bond donors (Lipinski definition) is 0. The summed E-state index contributed by atoms with van der Waals surface area (Å²) >= 11 is 1.48. The first kappa shape index (κ1) is 25.8. The Bertz CT molecular complexity index is 1530. The third-order valence-corrected chi connectivity index (χ3v) is 8.87. The molecule has 0 bridgehead atoms. The number of pyridine rings is 1. The predicted molar refractivity (Wildman–Crippen MR) is 136 cm³/mol. The van der Waals surface area contributed by atoms with E-state index in [1.807, 2.05) is 13.1 Å². The van der Waals surface area contributed by atoms with Gasteiger partial charge >= 0.3 is 6.18 Å². The van der Waals surface area contributed by atoms with Gasteiger partial charge in [-0.2, -0.15) is 23.4 Å². The maximum atomic E-state index is 14.2. The number of benzene rings is 1. The van der Waals surface area contributed by atoms with E-state index >= 15 is 0 Å². The number of nitrogens with zero attached hydrogens (tertiary/aromatic N) is 6. The zero-order chi connectivity index (χ0) is 27.4. The van der Waals surface area contributed by atoms with Gasteiger partial charge in [0.05, 0.1) is 29.1 Å². The average molecular weight is 557 g/mol. The highest BCUT2D eigenvalue weighted by atomic mass is 32.2. The van der Waals surface area contributed by atoms with Crippen LogP contribution >= 0.6 is 11.9 Å². The van der Waals surface area contributed by atoms with E-state index in [0.717, 1.165) is 34.6 Å². The van der Waals surface area contributed by atoms with Gasteiger partial charge in [0.2, 0.25) is 0 Å². The molecule has 0 amide bonds. The topological polar surface area (TPSA) is 68.8 Å². The summed E-state index contributed by atoms with van der Waals surface area (Å²) in [5, 5.41) is 9.66. The normalized spacial score (nSPS) is 21.4. The van der Waals surface area contributed by atoms with Crippen molar-refractivity contribution in [3.63, 3.8) is 0 Å². The molecule has 0 radical (unpaired) electrons. The lowest BCUT2D eigenvalue weighted by Gasteiger charge is -2.49. The van der Waals surface area contributed by atoms with E-state index in [2.05, 4.69) is 19.5 Å². The first-order chi connectivity index (χ1) is 18.6. The van der Waals surface area contributed by atoms with E-state index in [9.17, 15) is 22.4 Å². The highest BCUT2D eigenvalue weighted by molar-refractivity contribution is 7.97. The summed E-state index contributed by atoms with van der Waals surface area (Å²) in [5.74, 6) is -0.890. The fraction of sp³-hybridized carbons (Fsp3) is 0.333. The van der Waals surface area contributed by atoms with Crippen molar-refractivity contribution < 1.29 is 22.4 Å². The largest absolute Gasteiger partial charge is 0.416 e. The Balaban J connectivity index is 1.40. The third kappa shape index (κ3) is 4.65. The maximum Gasteiger partial charge on any atom is 0.416 e. The number of halogens is 4. The van der Waals surface area contributed by atoms with Gasteiger partial charge < -0.3 is 0 Å². The van der Waals surface area contributed by atoms with Crippen LogP contribution in [-0.4, -0.2) is 47.7 Å². The molecule has 1 fully saturated rings. The van der Waals surface area contributed by atoms with Crippen LogP contribution in [0.15, 0.2) is 66.1 Å². The molecule has 12 heteroatoms. The Hall–Kier alpha value is -3.51. The van der Waals surface area contributed by atoms with Crippen molar-refractivity contribution in [3.05, 3.63) is 89.4 Å². The number of fused-ring (bicyclic) bond motifs is 2. The average Bonchev–Trinajstić information content (AvgIpc) is 3.52. The Kier molecular flexibility index (Phi) is 6.34. The SMILES string of the molecule is Cn1nccc1SN1CCC2Cc3c(cnn3-c3ccc(F)cc3)C[C@]2(C(=O)c2cc(C(F)(F)F)ccn2)C1. The molecule has 4 aromatic rings. The highest BCUT2D eigenvalue weighted by Crippen LogP contribution is 2.49. The van der Waals surface area contributed by atoms with Gasteiger partial charge in [0.1, 0.15) is 16.5 Å². The summed E-state index contributed by atoms with van der Waals surface area (Å²) in [4.78, 5) is 18.3. The minimum Gasteiger partial charge on any atom is -0.292 e. The smallest absolute Gasteiger partial charge is 0.292 e. The molecule has 7 nitrogen and oxygen atoms in total. The number of hydrogen-bond acceptors (Lipinski definition) is 6. The molecule has 202 valence electrons. The number of rotatable bonds is 5. The molecule has 2 atom stereocenters. The van der Waals surface area contributed by atoms with Gasteiger partial charge in [-0.3, -0.25) is 14.5 Å². The number of aromatic nitrogens is 5. The Morgan fingerprint density at radius 1 is 1.10 bits per heavy atom. The van der Waals surface area contributed by atoms with Gasteiger partial charge in [-0.05, 0) is 85.2 Å². The van der Waals surface area contributed by atoms with Crippen molar-refractivity contribution in [2.75, 3.05) is 13.1 Å². The molecule has 3 aromatic heterocycles. The van der Waals surface area contributed by atoms with Crippen LogP contribution in [0.4, 0.5) is 17.6 Å². The van der Waals surface area contributed by atoms with E-state index in [-0.39, 0.29) is 17.4 Å². The van der Waals surface area contributed by atoms with Crippen LogP contribution in [0.1, 0.15) is 33.7 Å². The second-order valence-electron chi connectivity index (χ2n) is 10.0. The monoisotopic (exact) mass is 556 g/mol. The quantitative estimate of drug-likeness (QED) is 0.192. The highest BCUT2D eigenvalue weighted by Gasteiger charge is 2.53. The molecule has 4 heterocycles. The molecule has 1 aliphatic heterocycles. The van der Waals surface area contributed by atoms with Gasteiger partial charge in [-0.15, -0.1) is 0 Å². The summed E-state index contributed by atoms with van der Waals surface area (Å²) in [5.41, 5.74) is 0.413. The van der Waals surface area contributed by atoms with Crippen molar-refractivity contribution in [3.8, 4) is 5.69 Å². The Morgan fingerprint density at radius 2 is 1.90 bits per heavy atom. The number of Topliss-reactive ketones (excluding diaryl/α,β-unsaturated/α-hetero) is 1. The van der Waals surface area contributed by atoms with Gasteiger partial charge in [-0.25, -0.2) is 13.4 Å². The van der Waals surface area contributed by atoms with Crippen LogP contribution in [-0.2, 0) is 26.1 Å². The first-order valence-electron chi connectivity index (χ1n) is 12.4. The van der Waals surface area contributed by atoms with Crippen LogP contribution < -0.4 is 0 Å². The van der Waals surface area contributed by atoms with E-state index in [0.29, 0.717) is 38.0 Å². The molecular weight excluding hydrogens is 532 g/mol. The molecular formula is C27H24F4N6OS. The summed E-state index contributed by atoms with van der Waals surface area (Å²) < 4.78 is 59.7. The number of carbonyl (C=O) groups excluding carboxylic acids is 1. The van der Waals surface area contributed by atoms with Crippen molar-refractivity contribution in [2.45, 2.75) is 30.5 Å². The number of alkyl halides is 3. The standard InChI is InChI=1S/C27H24F4N6OS/c1-35-24(7-10-33-35)39-36-11-8-18-13-23-17(15-34-37(23)21-4-2-20(28)3-5-21)14-26(18,16-36)25(38)22-12-19(6-9-32-22)27(29,30)31/h2-7,9-10,12,15,18H,8,11,13-14,16H2,1H3/t18?,26-/m0/s1. The molecule has 2 aliphatic rings. The van der Waals surface area contributed by atoms with Crippen molar-refractivity contribution in [1.29, 1.82) is 0 Å². The summed E-state index contributed by atoms with van der Waals surface area (Å²) in [6, 6.07) is 9.65. The number of carbonyl (C=O) groups is 1. The van der Waals surface area contributed by atoms with E-state index in [1.165, 1.54) is 24.1 Å². The lowest BCUT2D eigenvalue weighted by atomic mass is 9.60. The van der Waals surface area contributed by atoms with Gasteiger partial charge in [0.15, 0.2) is 5.78 Å². The molecule has 1 aromatic carbocycles. The molecule has 6 rings (SSSR count). The predicted octanol–water partition coefficient (Wildman–Crippen LogP) is 5.16. The maximum absolute atomic E-state index is 14.2. The van der Waals surface area contributed by atoms with Gasteiger partial charge in [-0.1, -0.05) is 0 Å². The van der Waals surface area contributed by atoms with Crippen LogP contribution in [0.2, 0.25) is 0 Å². The van der Waals surface area contributed by atoms with Gasteiger partial charge in [0, 0.05) is 32.0 Å². The third-order valence-electron chi connectivity index (χ3n) is 7.71. The summed E-state index contributed by atoms with van der Waals surface area (Å²) in [6.07, 6.45) is 1.35. The molecule has 1 aliphatic carbocycles. The number of aryl methyl sites for hydroxylation is 1. The molecule has 1 saturated heterocycles. The second kappa shape index (κ2) is 9.60. The van der Waals surface area contributed by atoms with Crippen LogP contribution in [0.5, 0.6) is 0 Å². The van der Waals surface area contributed by atoms with E-state index < -0.39 is 22.9 Å². The van der Waals surface area contributed by atoms with E-state index in [1.54, 1.807) is 33.9 Å². The minimum absolute atomic E-state index is 0.145. The van der Waals surface area contributed by atoms with Crippen molar-refractivity contribution >= 4 is 17.7 Å². The zero-order valence-electron chi connectivity index (χ0n) is 20.9. The second-order valence-corrected chi connectivity index (χ2v) is 11.1. The van der Waals surface area contributed by atoms with Gasteiger partial charge in [0.25, 0.3) is 0 Å². The van der Waals surface area contributed by atoms with Crippen LogP contribution in [0.25, 0.3) is 5.69 Å². The fourth-order valence-electron chi connectivity index (χ4n) is 5.73. The summed E-state index contributed by atoms with van der Waals surface area (Å²) in [7, 11) is 1.83.